The second kappa shape index (κ2) is 61.0. The van der Waals surface area contributed by atoms with E-state index in [1.165, 1.54) is 289 Å². The van der Waals surface area contributed by atoms with E-state index in [1.54, 1.807) is 0 Å². The lowest BCUT2D eigenvalue weighted by molar-refractivity contribution is -0.379. The quantitative estimate of drug-likeness (QED) is 0.0252. The number of aliphatic hydroxyl groups excluding tert-OH is 11. The van der Waals surface area contributed by atoms with E-state index in [-0.39, 0.29) is 18.9 Å². The van der Waals surface area contributed by atoms with Gasteiger partial charge in [-0.1, -0.05) is 348 Å². The summed E-state index contributed by atoms with van der Waals surface area (Å²) in [4.78, 5) is 13.5. The van der Waals surface area contributed by atoms with Gasteiger partial charge in [0.1, 0.15) is 73.2 Å². The Bertz CT molecular complexity index is 1770. The molecule has 0 radical (unpaired) electrons. The Morgan fingerprint density at radius 3 is 0.888 bits per heavy atom. The number of carbonyl (C=O) groups excluding carboxylic acids is 1. The van der Waals surface area contributed by atoms with Gasteiger partial charge in [-0.25, -0.2) is 0 Å². The predicted octanol–water partition coefficient (Wildman–Crippen LogP) is 13.8. The van der Waals surface area contributed by atoms with E-state index in [4.69, 9.17) is 28.4 Å². The van der Waals surface area contributed by atoms with Crippen molar-refractivity contribution in [3.63, 3.8) is 0 Å². The molecule has 0 bridgehead atoms. The van der Waals surface area contributed by atoms with E-state index < -0.39 is 124 Å². The van der Waals surface area contributed by atoms with Gasteiger partial charge in [-0.15, -0.1) is 0 Å². The summed E-state index contributed by atoms with van der Waals surface area (Å²) in [5.74, 6) is -0.232. The van der Waals surface area contributed by atoms with Gasteiger partial charge in [0.15, 0.2) is 18.9 Å². The topological polar surface area (TPSA) is 307 Å². The first-order chi connectivity index (χ1) is 47.8. The lowest BCUT2D eigenvalue weighted by atomic mass is 9.96. The van der Waals surface area contributed by atoms with Crippen LogP contribution in [0, 0.1) is 0 Å². The SMILES string of the molecule is CCCCCCCCCCCCCCCCCCCCCCCCCCCCCCCCCC(=O)NC(COC1OC(CO)C(OC2OC(CO)C(OC3OC(CO)C(O)C(O)C3O)C(O)C2O)C(O)C1O)C(O)CCCCCCCCCCCCCCCCCCCCCCCC. The normalized spacial score (nSPS) is 26.6. The van der Waals surface area contributed by atoms with Gasteiger partial charge < -0.3 is 89.9 Å². The summed E-state index contributed by atoms with van der Waals surface area (Å²) >= 11 is 0. The lowest BCUT2D eigenvalue weighted by Crippen LogP contribution is -2.66. The summed E-state index contributed by atoms with van der Waals surface area (Å²) in [7, 11) is 0. The molecule has 3 saturated heterocycles. The average Bonchev–Trinajstić information content (AvgIpc) is 0.785. The number of nitrogens with one attached hydrogen (secondary N) is 1. The Labute approximate surface area is 595 Å². The van der Waals surface area contributed by atoms with Crippen molar-refractivity contribution in [2.75, 3.05) is 26.4 Å². The number of aliphatic hydroxyl groups is 11. The average molecular weight is 1410 g/mol. The van der Waals surface area contributed by atoms with Crippen LogP contribution in [-0.4, -0.2) is 193 Å². The highest BCUT2D eigenvalue weighted by atomic mass is 16.8. The summed E-state index contributed by atoms with van der Waals surface area (Å²) in [6, 6.07) is -0.883. The molecule has 19 heteroatoms. The predicted molar refractivity (Wildman–Crippen MR) is 388 cm³/mol. The lowest BCUT2D eigenvalue weighted by Gasteiger charge is -2.48. The summed E-state index contributed by atoms with van der Waals surface area (Å²) in [5, 5.41) is 121. The van der Waals surface area contributed by atoms with Crippen LogP contribution in [0.25, 0.3) is 0 Å². The molecule has 0 aliphatic carbocycles. The molecule has 0 spiro atoms. The number of unbranched alkanes of at least 4 members (excludes halogenated alkanes) is 51. The standard InChI is InChI=1S/C79H153NO18/c1-3-5-7-9-11-13-15-17-19-21-23-25-27-28-29-30-31-32-33-34-35-37-39-41-43-45-47-49-51-53-55-57-67(85)80-62(63(84)56-54-52-50-48-46-44-42-40-38-36-26-24-22-20-18-16-14-12-10-8-6-4-2)61-93-77-73(91)70(88)75(65(59-82)95-77)98-79-74(92)71(89)76(66(60-83)96-79)97-78-72(90)69(87)68(86)64(58-81)94-78/h62-66,68-79,81-84,86-92H,3-61H2,1-2H3,(H,80,85). The third-order valence-electron chi connectivity index (χ3n) is 21.2. The molecule has 19 nitrogen and oxygen atoms in total. The molecule has 3 aliphatic rings. The van der Waals surface area contributed by atoms with Gasteiger partial charge in [0, 0.05) is 6.42 Å². The minimum absolute atomic E-state index is 0.232. The fourth-order valence-electron chi connectivity index (χ4n) is 14.6. The number of ether oxygens (including phenoxy) is 6. The van der Waals surface area contributed by atoms with Crippen LogP contribution in [0.3, 0.4) is 0 Å². The van der Waals surface area contributed by atoms with E-state index in [1.807, 2.05) is 0 Å². The third kappa shape index (κ3) is 40.9. The van der Waals surface area contributed by atoms with E-state index in [2.05, 4.69) is 19.2 Å². The summed E-state index contributed by atoms with van der Waals surface area (Å²) in [5.41, 5.74) is 0. The fourth-order valence-corrected chi connectivity index (χ4v) is 14.6. The number of amides is 1. The first-order valence-electron chi connectivity index (χ1n) is 41.3. The Morgan fingerprint density at radius 1 is 0.327 bits per heavy atom. The number of rotatable bonds is 67. The van der Waals surface area contributed by atoms with E-state index in [9.17, 15) is 61.0 Å². The summed E-state index contributed by atoms with van der Waals surface area (Å²) in [6.07, 6.45) is 43.4. The van der Waals surface area contributed by atoms with Crippen molar-refractivity contribution in [2.24, 2.45) is 0 Å². The van der Waals surface area contributed by atoms with Gasteiger partial charge in [0.25, 0.3) is 0 Å². The molecule has 0 aromatic heterocycles. The molecule has 12 N–H and O–H groups in total. The van der Waals surface area contributed by atoms with E-state index in [0.717, 1.165) is 44.9 Å². The molecule has 3 aliphatic heterocycles. The smallest absolute Gasteiger partial charge is 0.220 e. The molecule has 3 fully saturated rings. The largest absolute Gasteiger partial charge is 0.394 e. The molecular formula is C79H153NO18. The van der Waals surface area contributed by atoms with Crippen LogP contribution >= 0.6 is 0 Å². The second-order valence-corrected chi connectivity index (χ2v) is 30.0. The first kappa shape index (κ1) is 91.0. The zero-order valence-corrected chi connectivity index (χ0v) is 62.3. The third-order valence-corrected chi connectivity index (χ3v) is 21.2. The highest BCUT2D eigenvalue weighted by molar-refractivity contribution is 5.76. The van der Waals surface area contributed by atoms with E-state index >= 15 is 0 Å². The molecule has 17 unspecified atom stereocenters. The Hall–Kier alpha value is -1.21. The van der Waals surface area contributed by atoms with Crippen LogP contribution in [0.1, 0.15) is 367 Å². The minimum atomic E-state index is -1.97. The maximum absolute atomic E-state index is 13.5. The Morgan fingerprint density at radius 2 is 0.582 bits per heavy atom. The Kier molecular flexibility index (Phi) is 56.6. The zero-order chi connectivity index (χ0) is 71.1. The summed E-state index contributed by atoms with van der Waals surface area (Å²) < 4.78 is 34.5. The molecule has 0 saturated carbocycles. The molecule has 582 valence electrons. The molecular weight excluding hydrogens is 1250 g/mol. The van der Waals surface area contributed by atoms with Crippen molar-refractivity contribution in [2.45, 2.75) is 471 Å². The maximum atomic E-state index is 13.5. The van der Waals surface area contributed by atoms with Crippen molar-refractivity contribution < 1.29 is 89.4 Å². The molecule has 0 aromatic rings. The fraction of sp³-hybridized carbons (Fsp3) is 0.987. The van der Waals surface area contributed by atoms with Crippen molar-refractivity contribution in [3.8, 4) is 0 Å². The van der Waals surface area contributed by atoms with Gasteiger partial charge in [-0.3, -0.25) is 4.79 Å². The van der Waals surface area contributed by atoms with Crippen LogP contribution in [0.15, 0.2) is 0 Å². The molecule has 1 amide bonds. The van der Waals surface area contributed by atoms with Gasteiger partial charge >= 0.3 is 0 Å². The number of hydrogen-bond donors (Lipinski definition) is 12. The van der Waals surface area contributed by atoms with Crippen molar-refractivity contribution in [1.82, 2.24) is 5.32 Å². The van der Waals surface area contributed by atoms with Crippen LogP contribution in [0.2, 0.25) is 0 Å². The van der Waals surface area contributed by atoms with Gasteiger partial charge in [0.2, 0.25) is 5.91 Å². The Balaban J connectivity index is 1.35. The number of carbonyl (C=O) groups is 1. The van der Waals surface area contributed by atoms with Crippen molar-refractivity contribution >= 4 is 5.91 Å². The molecule has 3 rings (SSSR count). The monoisotopic (exact) mass is 1400 g/mol. The van der Waals surface area contributed by atoms with Gasteiger partial charge in [0.05, 0.1) is 38.6 Å². The van der Waals surface area contributed by atoms with E-state index in [0.29, 0.717) is 12.8 Å². The van der Waals surface area contributed by atoms with Crippen LogP contribution < -0.4 is 5.32 Å². The molecule has 17 atom stereocenters. The highest BCUT2D eigenvalue weighted by Crippen LogP contribution is 2.33. The van der Waals surface area contributed by atoms with Crippen LogP contribution in [-0.2, 0) is 33.2 Å². The highest BCUT2D eigenvalue weighted by Gasteiger charge is 2.54. The first-order valence-corrected chi connectivity index (χ1v) is 41.3. The molecule has 3 heterocycles. The van der Waals surface area contributed by atoms with Crippen LogP contribution in [0.5, 0.6) is 0 Å². The molecule has 0 aromatic carbocycles. The van der Waals surface area contributed by atoms with Crippen molar-refractivity contribution in [1.29, 1.82) is 0 Å². The number of hydrogen-bond acceptors (Lipinski definition) is 18. The second-order valence-electron chi connectivity index (χ2n) is 30.0. The summed E-state index contributed by atoms with van der Waals surface area (Å²) in [6.45, 7) is 1.88. The van der Waals surface area contributed by atoms with Crippen molar-refractivity contribution in [3.05, 3.63) is 0 Å². The minimum Gasteiger partial charge on any atom is -0.394 e. The zero-order valence-electron chi connectivity index (χ0n) is 62.3. The van der Waals surface area contributed by atoms with Gasteiger partial charge in [-0.2, -0.15) is 0 Å². The molecule has 98 heavy (non-hydrogen) atoms. The van der Waals surface area contributed by atoms with Crippen LogP contribution in [0.4, 0.5) is 0 Å². The maximum Gasteiger partial charge on any atom is 0.220 e. The van der Waals surface area contributed by atoms with Gasteiger partial charge in [-0.05, 0) is 12.8 Å².